The van der Waals surface area contributed by atoms with Crippen LogP contribution in [0.1, 0.15) is 33.3 Å². The Morgan fingerprint density at radius 2 is 1.49 bits per heavy atom. The number of hydrogen-bond donors (Lipinski definition) is 1. The summed E-state index contributed by atoms with van der Waals surface area (Å²) in [7, 11) is -3.83. The molecule has 1 atom stereocenters. The second kappa shape index (κ2) is 12.7. The topological polar surface area (TPSA) is 96.0 Å². The van der Waals surface area contributed by atoms with Crippen LogP contribution in [0.2, 0.25) is 0 Å². The fourth-order valence-electron chi connectivity index (χ4n) is 3.76. The first-order chi connectivity index (χ1) is 18.2. The number of para-hydroxylation sites is 1. The number of halogens is 1. The van der Waals surface area contributed by atoms with Crippen molar-refractivity contribution < 1.29 is 22.7 Å². The van der Waals surface area contributed by atoms with Crippen LogP contribution in [0.25, 0.3) is 0 Å². The first-order valence-corrected chi connectivity index (χ1v) is 15.0. The fraction of sp³-hybridized carbons (Fsp3) is 0.310. The van der Waals surface area contributed by atoms with Gasteiger partial charge in [-0.15, -0.1) is 0 Å². The highest BCUT2D eigenvalue weighted by Gasteiger charge is 2.31. The highest BCUT2D eigenvalue weighted by molar-refractivity contribution is 9.10. The quantitative estimate of drug-likeness (QED) is 0.332. The van der Waals surface area contributed by atoms with E-state index < -0.39 is 34.1 Å². The molecular weight excluding hydrogens is 582 g/mol. The molecule has 0 bridgehead atoms. The fourth-order valence-corrected chi connectivity index (χ4v) is 4.88. The number of carbonyl (C=O) groups is 2. The van der Waals surface area contributed by atoms with Crippen LogP contribution in [0.4, 0.5) is 5.69 Å². The third-order valence-corrected chi connectivity index (χ3v) is 7.38. The minimum absolute atomic E-state index is 0.131. The van der Waals surface area contributed by atoms with Gasteiger partial charge >= 0.3 is 0 Å². The molecule has 0 saturated carbocycles. The highest BCUT2D eigenvalue weighted by atomic mass is 79.9. The summed E-state index contributed by atoms with van der Waals surface area (Å²) in [6.07, 6.45) is 1.05. The number of sulfonamides is 1. The van der Waals surface area contributed by atoms with E-state index >= 15 is 0 Å². The average molecular weight is 617 g/mol. The summed E-state index contributed by atoms with van der Waals surface area (Å²) in [6.45, 7) is 6.87. The maximum absolute atomic E-state index is 13.7. The maximum Gasteiger partial charge on any atom is 0.244 e. The summed E-state index contributed by atoms with van der Waals surface area (Å²) in [5.74, 6) is 0.325. The molecule has 1 unspecified atom stereocenters. The Bertz CT molecular complexity index is 1370. The standard InChI is InChI=1S/C29H34BrN3O5S/c1-21(28(35)31-29(2,3)4)32(19-22-11-13-23(30)14-12-22)27(34)20-33(39(5,36)37)24-15-17-26(18-16-24)38-25-9-7-6-8-10-25/h6-18,21H,19-20H2,1-5H3,(H,31,35). The van der Waals surface area contributed by atoms with Crippen molar-refractivity contribution >= 4 is 43.5 Å². The Balaban J connectivity index is 1.87. The molecule has 0 aliphatic heterocycles. The normalized spacial score (nSPS) is 12.4. The molecule has 0 saturated heterocycles. The molecule has 1 N–H and O–H groups in total. The smallest absolute Gasteiger partial charge is 0.244 e. The zero-order chi connectivity index (χ0) is 28.8. The van der Waals surface area contributed by atoms with Crippen molar-refractivity contribution in [1.82, 2.24) is 10.2 Å². The minimum Gasteiger partial charge on any atom is -0.457 e. The van der Waals surface area contributed by atoms with Gasteiger partial charge in [-0.05, 0) is 81.8 Å². The molecule has 0 aliphatic carbocycles. The maximum atomic E-state index is 13.7. The van der Waals surface area contributed by atoms with Crippen LogP contribution in [0.15, 0.2) is 83.3 Å². The molecule has 0 fully saturated rings. The number of nitrogens with zero attached hydrogens (tertiary/aromatic N) is 2. The van der Waals surface area contributed by atoms with E-state index in [0.29, 0.717) is 17.2 Å². The molecule has 3 aromatic rings. The van der Waals surface area contributed by atoms with Gasteiger partial charge in [0.2, 0.25) is 21.8 Å². The number of anilines is 1. The van der Waals surface area contributed by atoms with E-state index in [0.717, 1.165) is 20.6 Å². The SMILES string of the molecule is CC(C(=O)NC(C)(C)C)N(Cc1ccc(Br)cc1)C(=O)CN(c1ccc(Oc2ccccc2)cc1)S(C)(=O)=O. The molecule has 0 aliphatic rings. The van der Waals surface area contributed by atoms with Gasteiger partial charge < -0.3 is 15.0 Å². The van der Waals surface area contributed by atoms with Crippen molar-refractivity contribution in [2.75, 3.05) is 17.1 Å². The molecular formula is C29H34BrN3O5S. The third kappa shape index (κ3) is 9.11. The van der Waals surface area contributed by atoms with Gasteiger partial charge in [0.25, 0.3) is 0 Å². The predicted octanol–water partition coefficient (Wildman–Crippen LogP) is 5.34. The molecule has 0 spiro atoms. The summed E-state index contributed by atoms with van der Waals surface area (Å²) in [5.41, 5.74) is 0.608. The van der Waals surface area contributed by atoms with Crippen molar-refractivity contribution in [2.45, 2.75) is 45.8 Å². The number of hydrogen-bond acceptors (Lipinski definition) is 5. The van der Waals surface area contributed by atoms with Crippen molar-refractivity contribution in [3.8, 4) is 11.5 Å². The summed E-state index contributed by atoms with van der Waals surface area (Å²) < 4.78 is 33.3. The lowest BCUT2D eigenvalue weighted by Crippen LogP contribution is -2.54. The molecule has 2 amide bonds. The van der Waals surface area contributed by atoms with Crippen LogP contribution in [-0.4, -0.2) is 49.5 Å². The lowest BCUT2D eigenvalue weighted by atomic mass is 10.1. The Hall–Kier alpha value is -3.37. The van der Waals surface area contributed by atoms with Crippen LogP contribution >= 0.6 is 15.9 Å². The Kier molecular flexibility index (Phi) is 9.79. The van der Waals surface area contributed by atoms with Crippen LogP contribution in [-0.2, 0) is 26.2 Å². The number of rotatable bonds is 10. The summed E-state index contributed by atoms with van der Waals surface area (Å²) in [6, 6.07) is 22.2. The van der Waals surface area contributed by atoms with Gasteiger partial charge in [0.15, 0.2) is 0 Å². The van der Waals surface area contributed by atoms with E-state index in [-0.39, 0.29) is 12.5 Å². The predicted molar refractivity (Wildman–Crippen MR) is 157 cm³/mol. The number of carbonyl (C=O) groups excluding carboxylic acids is 2. The van der Waals surface area contributed by atoms with Crippen LogP contribution in [0.3, 0.4) is 0 Å². The lowest BCUT2D eigenvalue weighted by molar-refractivity contribution is -0.140. The van der Waals surface area contributed by atoms with Gasteiger partial charge in [0, 0.05) is 16.6 Å². The molecule has 39 heavy (non-hydrogen) atoms. The Morgan fingerprint density at radius 1 is 0.923 bits per heavy atom. The molecule has 208 valence electrons. The van der Waals surface area contributed by atoms with E-state index in [4.69, 9.17) is 4.74 Å². The molecule has 8 nitrogen and oxygen atoms in total. The van der Waals surface area contributed by atoms with Crippen molar-refractivity contribution in [3.63, 3.8) is 0 Å². The first kappa shape index (κ1) is 30.2. The monoisotopic (exact) mass is 615 g/mol. The molecule has 3 rings (SSSR count). The summed E-state index contributed by atoms with van der Waals surface area (Å²) >= 11 is 3.40. The Labute approximate surface area is 239 Å². The number of benzene rings is 3. The van der Waals surface area contributed by atoms with E-state index in [1.807, 2.05) is 75.4 Å². The Morgan fingerprint density at radius 3 is 2.03 bits per heavy atom. The van der Waals surface area contributed by atoms with Crippen molar-refractivity contribution in [2.24, 2.45) is 0 Å². The van der Waals surface area contributed by atoms with E-state index in [9.17, 15) is 18.0 Å². The molecule has 10 heteroatoms. The van der Waals surface area contributed by atoms with Crippen LogP contribution in [0.5, 0.6) is 11.5 Å². The second-order valence-electron chi connectivity index (χ2n) is 10.2. The highest BCUT2D eigenvalue weighted by Crippen LogP contribution is 2.26. The van der Waals surface area contributed by atoms with Gasteiger partial charge in [0.1, 0.15) is 24.1 Å². The number of nitrogens with one attached hydrogen (secondary N) is 1. The van der Waals surface area contributed by atoms with Gasteiger partial charge in [-0.25, -0.2) is 8.42 Å². The molecule has 0 radical (unpaired) electrons. The molecule has 0 aromatic heterocycles. The summed E-state index contributed by atoms with van der Waals surface area (Å²) in [5, 5.41) is 2.90. The number of amides is 2. The van der Waals surface area contributed by atoms with Crippen molar-refractivity contribution in [3.05, 3.63) is 88.9 Å². The van der Waals surface area contributed by atoms with Crippen LogP contribution in [0, 0.1) is 0 Å². The number of ether oxygens (including phenoxy) is 1. The average Bonchev–Trinajstić information content (AvgIpc) is 2.86. The second-order valence-corrected chi connectivity index (χ2v) is 13.1. The van der Waals surface area contributed by atoms with Gasteiger partial charge in [0.05, 0.1) is 11.9 Å². The third-order valence-electron chi connectivity index (χ3n) is 5.71. The molecule has 3 aromatic carbocycles. The minimum atomic E-state index is -3.83. The van der Waals surface area contributed by atoms with E-state index in [2.05, 4.69) is 21.2 Å². The largest absolute Gasteiger partial charge is 0.457 e. The van der Waals surface area contributed by atoms with Gasteiger partial charge in [-0.2, -0.15) is 0 Å². The van der Waals surface area contributed by atoms with E-state index in [1.165, 1.54) is 4.90 Å². The van der Waals surface area contributed by atoms with Gasteiger partial charge in [-0.1, -0.05) is 46.3 Å². The summed E-state index contributed by atoms with van der Waals surface area (Å²) in [4.78, 5) is 28.1. The first-order valence-electron chi connectivity index (χ1n) is 12.4. The van der Waals surface area contributed by atoms with E-state index in [1.54, 1.807) is 31.2 Å². The van der Waals surface area contributed by atoms with Crippen molar-refractivity contribution in [1.29, 1.82) is 0 Å². The molecule has 0 heterocycles. The zero-order valence-electron chi connectivity index (χ0n) is 22.7. The van der Waals surface area contributed by atoms with Gasteiger partial charge in [-0.3, -0.25) is 13.9 Å². The lowest BCUT2D eigenvalue weighted by Gasteiger charge is -2.33. The zero-order valence-corrected chi connectivity index (χ0v) is 25.1. The van der Waals surface area contributed by atoms with Crippen LogP contribution < -0.4 is 14.4 Å².